The molecule has 2 rings (SSSR count). The van der Waals surface area contributed by atoms with Gasteiger partial charge in [-0.2, -0.15) is 0 Å². The molecule has 0 aromatic carbocycles. The first-order valence-electron chi connectivity index (χ1n) is 6.57. The lowest BCUT2D eigenvalue weighted by molar-refractivity contribution is 0.285. The summed E-state index contributed by atoms with van der Waals surface area (Å²) >= 11 is 5.94. The van der Waals surface area contributed by atoms with E-state index in [2.05, 4.69) is 16.6 Å². The van der Waals surface area contributed by atoms with E-state index < -0.39 is 10.0 Å². The third-order valence-corrected chi connectivity index (χ3v) is 6.03. The quantitative estimate of drug-likeness (QED) is 0.908. The van der Waals surface area contributed by atoms with Crippen LogP contribution in [-0.2, 0) is 17.1 Å². The molecule has 0 unspecified atom stereocenters. The van der Waals surface area contributed by atoms with Crippen LogP contribution in [0, 0.1) is 5.41 Å². The molecule has 108 valence electrons. The summed E-state index contributed by atoms with van der Waals surface area (Å²) in [5.74, 6) is 0. The minimum atomic E-state index is -3.62. The van der Waals surface area contributed by atoms with Crippen molar-refractivity contribution in [1.82, 2.24) is 14.3 Å². The molecule has 0 spiro atoms. The van der Waals surface area contributed by atoms with Crippen LogP contribution in [0.2, 0.25) is 5.15 Å². The van der Waals surface area contributed by atoms with Crippen LogP contribution < -0.4 is 4.72 Å². The number of imidazole rings is 1. The highest BCUT2D eigenvalue weighted by Gasteiger charge is 2.34. The van der Waals surface area contributed by atoms with Gasteiger partial charge in [-0.1, -0.05) is 31.4 Å². The fraction of sp³-hybridized carbons (Fsp3) is 0.750. The number of hydrogen-bond donors (Lipinski definition) is 1. The maximum absolute atomic E-state index is 12.2. The second kappa shape index (κ2) is 5.42. The van der Waals surface area contributed by atoms with Gasteiger partial charge in [0.05, 0.1) is 6.33 Å². The summed E-state index contributed by atoms with van der Waals surface area (Å²) in [5.41, 5.74) is 0.105. The van der Waals surface area contributed by atoms with Crippen molar-refractivity contribution in [1.29, 1.82) is 0 Å². The first kappa shape index (κ1) is 14.8. The normalized spacial score (nSPS) is 18.9. The molecule has 1 aromatic rings. The molecule has 1 aromatic heterocycles. The van der Waals surface area contributed by atoms with Crippen molar-refractivity contribution in [2.75, 3.05) is 6.54 Å². The molecule has 19 heavy (non-hydrogen) atoms. The van der Waals surface area contributed by atoms with E-state index in [-0.39, 0.29) is 15.6 Å². The third-order valence-electron chi connectivity index (χ3n) is 4.14. The van der Waals surface area contributed by atoms with Crippen LogP contribution in [0.3, 0.4) is 0 Å². The minimum absolute atomic E-state index is 0.0825. The monoisotopic (exact) mass is 305 g/mol. The molecule has 1 saturated carbocycles. The molecule has 7 heteroatoms. The van der Waals surface area contributed by atoms with Crippen molar-refractivity contribution in [3.8, 4) is 0 Å². The number of hydrogen-bond acceptors (Lipinski definition) is 3. The van der Waals surface area contributed by atoms with Crippen LogP contribution in [0.5, 0.6) is 0 Å². The summed E-state index contributed by atoms with van der Waals surface area (Å²) in [6.07, 6.45) is 6.93. The van der Waals surface area contributed by atoms with E-state index in [1.807, 2.05) is 0 Å². The number of halogens is 1. The summed E-state index contributed by atoms with van der Waals surface area (Å²) in [4.78, 5) is 3.86. The number of sulfonamides is 1. The molecule has 1 fully saturated rings. The average molecular weight is 306 g/mol. The molecule has 1 heterocycles. The first-order valence-corrected chi connectivity index (χ1v) is 8.43. The Hall–Kier alpha value is -0.590. The highest BCUT2D eigenvalue weighted by molar-refractivity contribution is 7.89. The Morgan fingerprint density at radius 1 is 1.47 bits per heavy atom. The Morgan fingerprint density at radius 2 is 2.11 bits per heavy atom. The van der Waals surface area contributed by atoms with E-state index >= 15 is 0 Å². The van der Waals surface area contributed by atoms with Gasteiger partial charge in [0.15, 0.2) is 0 Å². The maximum Gasteiger partial charge on any atom is 0.261 e. The van der Waals surface area contributed by atoms with Gasteiger partial charge < -0.3 is 4.57 Å². The smallest absolute Gasteiger partial charge is 0.261 e. The molecular weight excluding hydrogens is 286 g/mol. The zero-order valence-electron chi connectivity index (χ0n) is 11.3. The van der Waals surface area contributed by atoms with Gasteiger partial charge >= 0.3 is 0 Å². The molecule has 0 bridgehead atoms. The van der Waals surface area contributed by atoms with Crippen LogP contribution in [0.1, 0.15) is 39.0 Å². The molecule has 1 N–H and O–H groups in total. The highest BCUT2D eigenvalue weighted by atomic mass is 35.5. The van der Waals surface area contributed by atoms with Crippen molar-refractivity contribution in [3.05, 3.63) is 11.5 Å². The lowest BCUT2D eigenvalue weighted by Crippen LogP contribution is -2.35. The van der Waals surface area contributed by atoms with Crippen LogP contribution in [0.25, 0.3) is 0 Å². The Kier molecular flexibility index (Phi) is 4.23. The van der Waals surface area contributed by atoms with Crippen LogP contribution in [-0.4, -0.2) is 24.5 Å². The lowest BCUT2D eigenvalue weighted by Gasteiger charge is -2.27. The Labute approximate surface area is 119 Å². The molecule has 0 radical (unpaired) electrons. The van der Waals surface area contributed by atoms with Crippen molar-refractivity contribution in [2.24, 2.45) is 12.5 Å². The second-order valence-corrected chi connectivity index (χ2v) is 7.38. The zero-order valence-corrected chi connectivity index (χ0v) is 12.9. The van der Waals surface area contributed by atoms with E-state index in [0.29, 0.717) is 6.54 Å². The fourth-order valence-corrected chi connectivity index (χ4v) is 4.25. The molecule has 0 aliphatic heterocycles. The van der Waals surface area contributed by atoms with Crippen molar-refractivity contribution < 1.29 is 8.42 Å². The summed E-state index contributed by atoms with van der Waals surface area (Å²) in [5, 5.41) is 0.0605. The third kappa shape index (κ3) is 2.95. The van der Waals surface area contributed by atoms with E-state index in [1.54, 1.807) is 7.05 Å². The largest absolute Gasteiger partial charge is 0.324 e. The predicted molar refractivity (Wildman–Crippen MR) is 74.6 cm³/mol. The van der Waals surface area contributed by atoms with E-state index in [4.69, 9.17) is 11.6 Å². The molecule has 0 atom stereocenters. The standard InChI is InChI=1S/C12H20ClN3O2S/c1-3-12(6-4-5-7-12)8-15-19(17,18)11-10(13)16(2)9-14-11/h9,15H,3-8H2,1-2H3. The number of aryl methyl sites for hydroxylation is 1. The van der Waals surface area contributed by atoms with Gasteiger partial charge in [-0.15, -0.1) is 0 Å². The number of nitrogens with one attached hydrogen (secondary N) is 1. The van der Waals surface area contributed by atoms with Crippen LogP contribution >= 0.6 is 11.6 Å². The lowest BCUT2D eigenvalue weighted by atomic mass is 9.84. The van der Waals surface area contributed by atoms with E-state index in [1.165, 1.54) is 23.7 Å². The summed E-state index contributed by atoms with van der Waals surface area (Å²) < 4.78 is 28.6. The molecule has 1 aliphatic carbocycles. The van der Waals surface area contributed by atoms with E-state index in [0.717, 1.165) is 19.3 Å². The first-order chi connectivity index (χ1) is 8.90. The van der Waals surface area contributed by atoms with Gasteiger partial charge in [-0.3, -0.25) is 0 Å². The summed E-state index contributed by atoms with van der Waals surface area (Å²) in [6.45, 7) is 2.59. The highest BCUT2D eigenvalue weighted by Crippen LogP contribution is 2.40. The van der Waals surface area contributed by atoms with Crippen LogP contribution in [0.4, 0.5) is 0 Å². The fourth-order valence-electron chi connectivity index (χ4n) is 2.67. The average Bonchev–Trinajstić information content (AvgIpc) is 2.97. The Bertz CT molecular complexity index is 547. The molecule has 0 saturated heterocycles. The topological polar surface area (TPSA) is 64.0 Å². The molecule has 1 aliphatic rings. The van der Waals surface area contributed by atoms with Gasteiger partial charge in [-0.05, 0) is 24.7 Å². The van der Waals surface area contributed by atoms with Gasteiger partial charge in [0.2, 0.25) is 5.03 Å². The Balaban J connectivity index is 2.12. The summed E-state index contributed by atoms with van der Waals surface area (Å²) in [6, 6.07) is 0. The zero-order chi connectivity index (χ0) is 14.1. The number of rotatable bonds is 5. The summed E-state index contributed by atoms with van der Waals surface area (Å²) in [7, 11) is -1.95. The SMILES string of the molecule is CCC1(CNS(=O)(=O)c2ncn(C)c2Cl)CCCC1. The molecular formula is C12H20ClN3O2S. The molecule has 0 amide bonds. The van der Waals surface area contributed by atoms with Crippen LogP contribution in [0.15, 0.2) is 11.4 Å². The van der Waals surface area contributed by atoms with Crippen molar-refractivity contribution in [3.63, 3.8) is 0 Å². The van der Waals surface area contributed by atoms with Gasteiger partial charge in [-0.25, -0.2) is 18.1 Å². The minimum Gasteiger partial charge on any atom is -0.324 e. The van der Waals surface area contributed by atoms with Crippen molar-refractivity contribution in [2.45, 2.75) is 44.1 Å². The number of nitrogens with zero attached hydrogens (tertiary/aromatic N) is 2. The Morgan fingerprint density at radius 3 is 2.58 bits per heavy atom. The maximum atomic E-state index is 12.2. The molecule has 5 nitrogen and oxygen atoms in total. The van der Waals surface area contributed by atoms with Gasteiger partial charge in [0.1, 0.15) is 5.15 Å². The van der Waals surface area contributed by atoms with Crippen molar-refractivity contribution >= 4 is 21.6 Å². The van der Waals surface area contributed by atoms with Gasteiger partial charge in [0, 0.05) is 13.6 Å². The second-order valence-electron chi connectivity index (χ2n) is 5.34. The number of aromatic nitrogens is 2. The van der Waals surface area contributed by atoms with E-state index in [9.17, 15) is 8.42 Å². The predicted octanol–water partition coefficient (Wildman–Crippen LogP) is 2.32. The van der Waals surface area contributed by atoms with Gasteiger partial charge in [0.25, 0.3) is 10.0 Å².